The van der Waals surface area contributed by atoms with Crippen LogP contribution < -0.4 is 0 Å². The first kappa shape index (κ1) is 6.16. The fraction of sp³-hybridized carbons (Fsp3) is 0. The van der Waals surface area contributed by atoms with E-state index in [0.29, 0.717) is 0 Å². The molecule has 2 aromatic heterocycles. The average molecular weight is 143 g/mol. The smallest absolute Gasteiger partial charge is 0.0491 e. The van der Waals surface area contributed by atoms with Crippen molar-refractivity contribution in [2.45, 2.75) is 0 Å². The van der Waals surface area contributed by atoms with Crippen LogP contribution in [0.4, 0.5) is 0 Å². The van der Waals surface area contributed by atoms with Crippen LogP contribution in [0.25, 0.3) is 17.0 Å². The van der Waals surface area contributed by atoms with Crippen LogP contribution in [-0.2, 0) is 0 Å². The normalized spacial score (nSPS) is 10.2. The van der Waals surface area contributed by atoms with Crippen molar-refractivity contribution < 1.29 is 0 Å². The third kappa shape index (κ3) is 0.835. The average Bonchev–Trinajstić information content (AvgIpc) is 2.47. The summed E-state index contributed by atoms with van der Waals surface area (Å²) in [4.78, 5) is 7.09. The Morgan fingerprint density at radius 1 is 1.55 bits per heavy atom. The van der Waals surface area contributed by atoms with Crippen LogP contribution in [0.3, 0.4) is 0 Å². The third-order valence-corrected chi connectivity index (χ3v) is 1.69. The Morgan fingerprint density at radius 3 is 3.27 bits per heavy atom. The van der Waals surface area contributed by atoms with Gasteiger partial charge in [0.15, 0.2) is 0 Å². The molecule has 2 heteroatoms. The van der Waals surface area contributed by atoms with Gasteiger partial charge in [-0.3, -0.25) is 4.98 Å². The fourth-order valence-electron chi connectivity index (χ4n) is 1.12. The minimum absolute atomic E-state index is 0.994. The highest BCUT2D eigenvalue weighted by molar-refractivity contribution is 5.87. The lowest BCUT2D eigenvalue weighted by atomic mass is 10.2. The summed E-state index contributed by atoms with van der Waals surface area (Å²) in [5, 5.41) is 1.06. The predicted molar refractivity (Wildman–Crippen MR) is 44.9 cm³/mol. The van der Waals surface area contributed by atoms with E-state index in [2.05, 4.69) is 9.97 Å². The molecule has 2 rings (SSSR count). The van der Waals surface area contributed by atoms with Gasteiger partial charge in [0, 0.05) is 35.1 Å². The molecular formula is C9H7N2. The van der Waals surface area contributed by atoms with E-state index in [1.165, 1.54) is 0 Å². The number of hydrogen-bond acceptors (Lipinski definition) is 1. The summed E-state index contributed by atoms with van der Waals surface area (Å²) in [5.74, 6) is 0. The summed E-state index contributed by atoms with van der Waals surface area (Å²) >= 11 is 0. The second-order valence-electron chi connectivity index (χ2n) is 2.33. The first-order valence-electron chi connectivity index (χ1n) is 3.38. The van der Waals surface area contributed by atoms with Crippen LogP contribution >= 0.6 is 0 Å². The standard InChI is InChI=1S/C9H7N2/c1-2-7-5-11-9-3-4-10-6-8(7)9/h1-6,11H. The molecule has 2 aromatic rings. The number of rotatable bonds is 1. The van der Waals surface area contributed by atoms with E-state index in [-0.39, 0.29) is 0 Å². The van der Waals surface area contributed by atoms with E-state index in [1.807, 2.05) is 12.3 Å². The van der Waals surface area contributed by atoms with Crippen LogP contribution in [0.2, 0.25) is 0 Å². The molecule has 2 heterocycles. The fourth-order valence-corrected chi connectivity index (χ4v) is 1.12. The number of aromatic amines is 1. The van der Waals surface area contributed by atoms with E-state index in [9.17, 15) is 0 Å². The molecule has 1 N–H and O–H groups in total. The Bertz CT molecular complexity index is 387. The summed E-state index contributed by atoms with van der Waals surface area (Å²) in [5.41, 5.74) is 2.06. The lowest BCUT2D eigenvalue weighted by Crippen LogP contribution is -1.70. The molecule has 53 valence electrons. The first-order chi connectivity index (χ1) is 5.42. The van der Waals surface area contributed by atoms with Gasteiger partial charge in [-0.2, -0.15) is 0 Å². The molecule has 0 atom stereocenters. The molecule has 0 fully saturated rings. The van der Waals surface area contributed by atoms with Gasteiger partial charge in [0.25, 0.3) is 0 Å². The molecule has 0 aliphatic carbocycles. The monoisotopic (exact) mass is 143 g/mol. The lowest BCUT2D eigenvalue weighted by Gasteiger charge is -1.87. The number of H-pyrrole nitrogens is 1. The van der Waals surface area contributed by atoms with Crippen molar-refractivity contribution in [1.82, 2.24) is 9.97 Å². The van der Waals surface area contributed by atoms with Crippen molar-refractivity contribution in [3.8, 4) is 0 Å². The molecule has 0 aromatic carbocycles. The van der Waals surface area contributed by atoms with Crippen molar-refractivity contribution in [3.63, 3.8) is 0 Å². The summed E-state index contributed by atoms with van der Waals surface area (Å²) in [6.45, 7) is 5.39. The number of pyridine rings is 1. The van der Waals surface area contributed by atoms with Crippen LogP contribution in [-0.4, -0.2) is 9.97 Å². The molecule has 0 unspecified atom stereocenters. The SMILES string of the molecule is [CH]=Cc1c[nH]c2ccncc12. The number of nitrogens with zero attached hydrogens (tertiary/aromatic N) is 1. The first-order valence-corrected chi connectivity index (χ1v) is 3.38. The van der Waals surface area contributed by atoms with E-state index in [1.54, 1.807) is 18.5 Å². The number of nitrogens with one attached hydrogen (secondary N) is 1. The maximum atomic E-state index is 5.39. The zero-order valence-electron chi connectivity index (χ0n) is 5.91. The summed E-state index contributed by atoms with van der Waals surface area (Å²) < 4.78 is 0. The van der Waals surface area contributed by atoms with Crippen LogP contribution in [0.1, 0.15) is 5.56 Å². The molecule has 0 spiro atoms. The highest BCUT2D eigenvalue weighted by Crippen LogP contribution is 2.16. The van der Waals surface area contributed by atoms with E-state index >= 15 is 0 Å². The highest BCUT2D eigenvalue weighted by atomic mass is 14.7. The van der Waals surface area contributed by atoms with Gasteiger partial charge in [-0.15, -0.1) is 0 Å². The number of hydrogen-bond donors (Lipinski definition) is 1. The molecule has 11 heavy (non-hydrogen) atoms. The molecule has 0 bridgehead atoms. The van der Waals surface area contributed by atoms with Gasteiger partial charge < -0.3 is 4.98 Å². The maximum Gasteiger partial charge on any atom is 0.0491 e. The molecular weight excluding hydrogens is 136 g/mol. The van der Waals surface area contributed by atoms with E-state index in [4.69, 9.17) is 6.58 Å². The van der Waals surface area contributed by atoms with Gasteiger partial charge in [-0.1, -0.05) is 12.7 Å². The Labute approximate surface area is 64.6 Å². The predicted octanol–water partition coefficient (Wildman–Crippen LogP) is 2.01. The van der Waals surface area contributed by atoms with Crippen molar-refractivity contribution in [2.75, 3.05) is 0 Å². The largest absolute Gasteiger partial charge is 0.360 e. The number of fused-ring (bicyclic) bond motifs is 1. The van der Waals surface area contributed by atoms with Crippen LogP contribution in [0.5, 0.6) is 0 Å². The zero-order valence-corrected chi connectivity index (χ0v) is 5.91. The Hall–Kier alpha value is -1.57. The number of aromatic nitrogens is 2. The van der Waals surface area contributed by atoms with Crippen LogP contribution in [0.15, 0.2) is 24.7 Å². The maximum absolute atomic E-state index is 5.39. The Balaban J connectivity index is 2.86. The van der Waals surface area contributed by atoms with Gasteiger partial charge in [0.2, 0.25) is 0 Å². The molecule has 1 radical (unpaired) electrons. The molecule has 2 nitrogen and oxygen atoms in total. The van der Waals surface area contributed by atoms with Crippen molar-refractivity contribution in [3.05, 3.63) is 36.8 Å². The van der Waals surface area contributed by atoms with E-state index in [0.717, 1.165) is 16.5 Å². The van der Waals surface area contributed by atoms with Crippen molar-refractivity contribution in [2.24, 2.45) is 0 Å². The molecule has 0 amide bonds. The van der Waals surface area contributed by atoms with Gasteiger partial charge in [0.1, 0.15) is 0 Å². The Morgan fingerprint density at radius 2 is 2.45 bits per heavy atom. The summed E-state index contributed by atoms with van der Waals surface area (Å²) in [6.07, 6.45) is 6.98. The van der Waals surface area contributed by atoms with Crippen molar-refractivity contribution in [1.29, 1.82) is 0 Å². The Kier molecular flexibility index (Phi) is 1.25. The van der Waals surface area contributed by atoms with Gasteiger partial charge in [0.05, 0.1) is 0 Å². The van der Waals surface area contributed by atoms with Gasteiger partial charge in [-0.25, -0.2) is 0 Å². The quantitative estimate of drug-likeness (QED) is 0.649. The topological polar surface area (TPSA) is 28.7 Å². The summed E-state index contributed by atoms with van der Waals surface area (Å²) in [6, 6.07) is 1.92. The van der Waals surface area contributed by atoms with Crippen molar-refractivity contribution >= 4 is 17.0 Å². The molecule has 0 saturated heterocycles. The highest BCUT2D eigenvalue weighted by Gasteiger charge is 1.97. The molecule has 0 aliphatic rings. The van der Waals surface area contributed by atoms with Gasteiger partial charge in [-0.05, 0) is 6.07 Å². The van der Waals surface area contributed by atoms with Gasteiger partial charge >= 0.3 is 0 Å². The summed E-state index contributed by atoms with van der Waals surface area (Å²) in [7, 11) is 0. The second kappa shape index (κ2) is 2.23. The zero-order chi connectivity index (χ0) is 7.68. The van der Waals surface area contributed by atoms with E-state index < -0.39 is 0 Å². The third-order valence-electron chi connectivity index (χ3n) is 1.69. The second-order valence-corrected chi connectivity index (χ2v) is 2.33. The molecule has 0 aliphatic heterocycles. The minimum atomic E-state index is 0.994. The minimum Gasteiger partial charge on any atom is -0.360 e. The van der Waals surface area contributed by atoms with Crippen LogP contribution in [0, 0.1) is 6.58 Å². The molecule has 0 saturated carbocycles. The lowest BCUT2D eigenvalue weighted by molar-refractivity contribution is 1.36.